The minimum Gasteiger partial charge on any atom is -0.455 e. The molecule has 1 atom stereocenters. The molecule has 0 heterocycles. The number of carbonyl (C=O) groups excluding carboxylic acids is 1. The Morgan fingerprint density at radius 2 is 1.47 bits per heavy atom. The highest BCUT2D eigenvalue weighted by Crippen LogP contribution is 2.23. The monoisotopic (exact) mass is 398 g/mol. The van der Waals surface area contributed by atoms with Crippen LogP contribution in [-0.2, 0) is 16.6 Å². The van der Waals surface area contributed by atoms with Crippen molar-refractivity contribution in [3.63, 3.8) is 0 Å². The molecule has 0 fully saturated rings. The maximum absolute atomic E-state index is 12.6. The molecular formula is C28H30O2. The second kappa shape index (κ2) is 10.1. The third-order valence-electron chi connectivity index (χ3n) is 5.11. The summed E-state index contributed by atoms with van der Waals surface area (Å²) < 4.78 is 5.83. The average Bonchev–Trinajstić information content (AvgIpc) is 2.76. The van der Waals surface area contributed by atoms with Crippen molar-refractivity contribution in [3.8, 4) is 0 Å². The van der Waals surface area contributed by atoms with Gasteiger partial charge in [0, 0.05) is 0 Å². The predicted molar refractivity (Wildman–Crippen MR) is 125 cm³/mol. The topological polar surface area (TPSA) is 26.3 Å². The number of rotatable bonds is 7. The maximum Gasteiger partial charge on any atom is 0.338 e. The van der Waals surface area contributed by atoms with Crippen LogP contribution in [0.2, 0.25) is 0 Å². The highest BCUT2D eigenvalue weighted by Gasteiger charge is 2.15. The van der Waals surface area contributed by atoms with Gasteiger partial charge in [0.05, 0.1) is 5.56 Å². The number of esters is 1. The van der Waals surface area contributed by atoms with E-state index in [2.05, 4.69) is 45.0 Å². The zero-order valence-corrected chi connectivity index (χ0v) is 18.0. The summed E-state index contributed by atoms with van der Waals surface area (Å²) in [6.07, 6.45) is 5.29. The van der Waals surface area contributed by atoms with Gasteiger partial charge >= 0.3 is 5.97 Å². The van der Waals surface area contributed by atoms with Gasteiger partial charge in [0.15, 0.2) is 0 Å². The van der Waals surface area contributed by atoms with Crippen molar-refractivity contribution in [3.05, 3.63) is 113 Å². The van der Waals surface area contributed by atoms with Gasteiger partial charge in [-0.15, -0.1) is 0 Å². The molecule has 0 unspecified atom stereocenters. The molecular weight excluding hydrogens is 368 g/mol. The highest BCUT2D eigenvalue weighted by molar-refractivity contribution is 5.89. The van der Waals surface area contributed by atoms with Gasteiger partial charge in [-0.2, -0.15) is 0 Å². The standard InChI is InChI=1S/C28H30O2/c1-28(2,3)25-18-14-23(15-19-25)17-21-26(20-16-22-10-6-4-7-11-22)30-27(29)24-12-8-5-9-13-24/h4-16,18-20,26H,17,21H2,1-3H3/b20-16+/t26-/m0/s1. The SMILES string of the molecule is CC(C)(C)c1ccc(CC[C@H](/C=C/c2ccccc2)OC(=O)c2ccccc2)cc1. The lowest BCUT2D eigenvalue weighted by Gasteiger charge is -2.19. The van der Waals surface area contributed by atoms with E-state index in [-0.39, 0.29) is 17.5 Å². The Kier molecular flexibility index (Phi) is 7.24. The molecule has 0 aromatic heterocycles. The molecule has 0 aliphatic carbocycles. The first-order valence-corrected chi connectivity index (χ1v) is 10.5. The number of hydrogen-bond acceptors (Lipinski definition) is 2. The molecule has 0 amide bonds. The van der Waals surface area contributed by atoms with Crippen molar-refractivity contribution in [2.45, 2.75) is 45.1 Å². The summed E-state index contributed by atoms with van der Waals surface area (Å²) >= 11 is 0. The van der Waals surface area contributed by atoms with Crippen molar-refractivity contribution in [2.75, 3.05) is 0 Å². The van der Waals surface area contributed by atoms with Crippen LogP contribution in [0, 0.1) is 0 Å². The quantitative estimate of drug-likeness (QED) is 0.407. The number of carbonyl (C=O) groups is 1. The zero-order valence-electron chi connectivity index (χ0n) is 18.0. The highest BCUT2D eigenvalue weighted by atomic mass is 16.5. The van der Waals surface area contributed by atoms with Gasteiger partial charge in [-0.3, -0.25) is 0 Å². The summed E-state index contributed by atoms with van der Waals surface area (Å²) in [6.45, 7) is 6.65. The molecule has 0 bridgehead atoms. The molecule has 0 aliphatic rings. The van der Waals surface area contributed by atoms with Crippen LogP contribution in [0.5, 0.6) is 0 Å². The number of hydrogen-bond donors (Lipinski definition) is 0. The van der Waals surface area contributed by atoms with Crippen LogP contribution in [0.4, 0.5) is 0 Å². The fraction of sp³-hybridized carbons (Fsp3) is 0.250. The Morgan fingerprint density at radius 1 is 0.867 bits per heavy atom. The Labute approximate surface area is 180 Å². The summed E-state index contributed by atoms with van der Waals surface area (Å²) in [7, 11) is 0. The zero-order chi connectivity index (χ0) is 21.4. The molecule has 2 heteroatoms. The van der Waals surface area contributed by atoms with Crippen molar-refractivity contribution in [1.29, 1.82) is 0 Å². The van der Waals surface area contributed by atoms with E-state index in [0.29, 0.717) is 5.56 Å². The van der Waals surface area contributed by atoms with E-state index in [4.69, 9.17) is 4.74 Å². The van der Waals surface area contributed by atoms with Crippen molar-refractivity contribution in [2.24, 2.45) is 0 Å². The van der Waals surface area contributed by atoms with E-state index in [1.807, 2.05) is 60.7 Å². The van der Waals surface area contributed by atoms with E-state index >= 15 is 0 Å². The Morgan fingerprint density at radius 3 is 2.07 bits per heavy atom. The third kappa shape index (κ3) is 6.45. The first-order valence-electron chi connectivity index (χ1n) is 10.5. The van der Waals surface area contributed by atoms with Crippen molar-refractivity contribution in [1.82, 2.24) is 0 Å². The minimum atomic E-state index is -0.291. The lowest BCUT2D eigenvalue weighted by molar-refractivity contribution is 0.0382. The summed E-state index contributed by atoms with van der Waals surface area (Å²) in [5.74, 6) is -0.290. The summed E-state index contributed by atoms with van der Waals surface area (Å²) in [5.41, 5.74) is 4.38. The van der Waals surface area contributed by atoms with Crippen LogP contribution in [-0.4, -0.2) is 12.1 Å². The van der Waals surface area contributed by atoms with Crippen molar-refractivity contribution < 1.29 is 9.53 Å². The number of benzene rings is 3. The van der Waals surface area contributed by atoms with Gasteiger partial charge in [-0.05, 0) is 53.2 Å². The van der Waals surface area contributed by atoms with E-state index in [1.165, 1.54) is 11.1 Å². The lowest BCUT2D eigenvalue weighted by atomic mass is 9.86. The fourth-order valence-electron chi connectivity index (χ4n) is 3.24. The lowest BCUT2D eigenvalue weighted by Crippen LogP contribution is -2.17. The Hall–Kier alpha value is -3.13. The second-order valence-electron chi connectivity index (χ2n) is 8.57. The van der Waals surface area contributed by atoms with E-state index in [9.17, 15) is 4.79 Å². The van der Waals surface area contributed by atoms with Gasteiger partial charge in [-0.1, -0.05) is 99.6 Å². The van der Waals surface area contributed by atoms with E-state index in [1.54, 1.807) is 12.1 Å². The van der Waals surface area contributed by atoms with Crippen LogP contribution in [0.25, 0.3) is 6.08 Å². The van der Waals surface area contributed by atoms with Gasteiger partial charge in [-0.25, -0.2) is 4.79 Å². The molecule has 154 valence electrons. The Balaban J connectivity index is 1.70. The smallest absolute Gasteiger partial charge is 0.338 e. The van der Waals surface area contributed by atoms with E-state index in [0.717, 1.165) is 18.4 Å². The molecule has 3 aromatic rings. The molecule has 0 N–H and O–H groups in total. The van der Waals surface area contributed by atoms with E-state index < -0.39 is 0 Å². The minimum absolute atomic E-state index is 0.144. The summed E-state index contributed by atoms with van der Waals surface area (Å²) in [6, 6.07) is 28.0. The molecule has 0 radical (unpaired) electrons. The fourth-order valence-corrected chi connectivity index (χ4v) is 3.24. The van der Waals surface area contributed by atoms with Crippen LogP contribution >= 0.6 is 0 Å². The van der Waals surface area contributed by atoms with Crippen LogP contribution in [0.3, 0.4) is 0 Å². The van der Waals surface area contributed by atoms with Crippen molar-refractivity contribution >= 4 is 12.0 Å². The molecule has 0 saturated carbocycles. The largest absolute Gasteiger partial charge is 0.455 e. The maximum atomic E-state index is 12.6. The molecule has 30 heavy (non-hydrogen) atoms. The van der Waals surface area contributed by atoms with Crippen LogP contribution < -0.4 is 0 Å². The number of ether oxygens (including phenoxy) is 1. The molecule has 0 spiro atoms. The predicted octanol–water partition coefficient (Wildman–Crippen LogP) is 6.86. The molecule has 3 aromatic carbocycles. The van der Waals surface area contributed by atoms with Crippen LogP contribution in [0.1, 0.15) is 54.2 Å². The van der Waals surface area contributed by atoms with Gasteiger partial charge in [0.25, 0.3) is 0 Å². The molecule has 0 aliphatic heterocycles. The third-order valence-corrected chi connectivity index (χ3v) is 5.11. The first-order chi connectivity index (χ1) is 14.4. The molecule has 3 rings (SSSR count). The number of aryl methyl sites for hydroxylation is 1. The van der Waals surface area contributed by atoms with Gasteiger partial charge in [0.1, 0.15) is 6.10 Å². The molecule has 0 saturated heterocycles. The average molecular weight is 399 g/mol. The van der Waals surface area contributed by atoms with Gasteiger partial charge < -0.3 is 4.74 Å². The molecule has 2 nitrogen and oxygen atoms in total. The van der Waals surface area contributed by atoms with Gasteiger partial charge in [0.2, 0.25) is 0 Å². The Bertz CT molecular complexity index is 949. The van der Waals surface area contributed by atoms with Crippen LogP contribution in [0.15, 0.2) is 91.0 Å². The first kappa shape index (κ1) is 21.6. The summed E-state index contributed by atoms with van der Waals surface area (Å²) in [5, 5.41) is 0. The summed E-state index contributed by atoms with van der Waals surface area (Å²) in [4.78, 5) is 12.6. The normalized spacial score (nSPS) is 12.6. The second-order valence-corrected chi connectivity index (χ2v) is 8.57.